The molecular weight excluding hydrogens is 524 g/mol. The molecular formula is C36H51ClN4. The minimum absolute atomic E-state index is 0.411. The summed E-state index contributed by atoms with van der Waals surface area (Å²) in [4.78, 5) is 17.0. The number of aryl methyl sites for hydroxylation is 1. The van der Waals surface area contributed by atoms with Crippen LogP contribution in [0.2, 0.25) is 5.02 Å². The Kier molecular flexibility index (Phi) is 16.7. The van der Waals surface area contributed by atoms with Crippen molar-refractivity contribution in [2.45, 2.75) is 106 Å². The first-order valence-electron chi connectivity index (χ1n) is 14.7. The maximum absolute atomic E-state index is 5.86. The average molecular weight is 575 g/mol. The van der Waals surface area contributed by atoms with Gasteiger partial charge in [-0.05, 0) is 84.0 Å². The Morgan fingerprint density at radius 3 is 1.29 bits per heavy atom. The van der Waals surface area contributed by atoms with Crippen molar-refractivity contribution in [3.8, 4) is 0 Å². The van der Waals surface area contributed by atoms with Crippen LogP contribution >= 0.6 is 11.6 Å². The number of hydrogen-bond acceptors (Lipinski definition) is 4. The molecule has 0 fully saturated rings. The van der Waals surface area contributed by atoms with Crippen molar-refractivity contribution in [3.05, 3.63) is 118 Å². The summed E-state index contributed by atoms with van der Waals surface area (Å²) < 4.78 is 0. The fraction of sp³-hybridized carbons (Fsp3) is 0.444. The number of pyridine rings is 4. The van der Waals surface area contributed by atoms with Crippen LogP contribution in [0.5, 0.6) is 0 Å². The van der Waals surface area contributed by atoms with Crippen LogP contribution in [0.4, 0.5) is 0 Å². The predicted octanol–water partition coefficient (Wildman–Crippen LogP) is 10.9. The Balaban J connectivity index is 0.000000275. The van der Waals surface area contributed by atoms with Crippen molar-refractivity contribution in [1.82, 2.24) is 19.9 Å². The van der Waals surface area contributed by atoms with Crippen molar-refractivity contribution in [2.75, 3.05) is 0 Å². The van der Waals surface area contributed by atoms with Gasteiger partial charge in [0.15, 0.2) is 0 Å². The molecule has 0 saturated heterocycles. The number of nitrogens with zero attached hydrogens (tertiary/aromatic N) is 4. The quantitative estimate of drug-likeness (QED) is 0.238. The summed E-state index contributed by atoms with van der Waals surface area (Å²) in [7, 11) is 0. The molecule has 0 bridgehead atoms. The van der Waals surface area contributed by atoms with Crippen LogP contribution < -0.4 is 0 Å². The molecule has 41 heavy (non-hydrogen) atoms. The first-order chi connectivity index (χ1) is 19.4. The molecule has 5 heteroatoms. The number of rotatable bonds is 5. The molecule has 0 spiro atoms. The Bertz CT molecular complexity index is 1170. The topological polar surface area (TPSA) is 51.6 Å². The smallest absolute Gasteiger partial charge is 0.0624 e. The van der Waals surface area contributed by atoms with Crippen molar-refractivity contribution in [1.29, 1.82) is 0 Å². The van der Waals surface area contributed by atoms with Crippen LogP contribution in [-0.4, -0.2) is 19.9 Å². The highest BCUT2D eigenvalue weighted by atomic mass is 35.5. The van der Waals surface area contributed by atoms with E-state index in [1.165, 1.54) is 22.5 Å². The second-order valence-corrected chi connectivity index (χ2v) is 12.0. The fourth-order valence-corrected chi connectivity index (χ4v) is 4.38. The lowest BCUT2D eigenvalue weighted by Gasteiger charge is -2.13. The lowest BCUT2D eigenvalue weighted by atomic mass is 9.96. The van der Waals surface area contributed by atoms with E-state index in [0.717, 1.165) is 16.4 Å². The van der Waals surface area contributed by atoms with E-state index in [1.807, 2.05) is 61.1 Å². The van der Waals surface area contributed by atoms with E-state index in [4.69, 9.17) is 11.6 Å². The lowest BCUT2D eigenvalue weighted by molar-refractivity contribution is 0.757. The first kappa shape index (κ1) is 35.9. The van der Waals surface area contributed by atoms with E-state index in [-0.39, 0.29) is 0 Å². The predicted molar refractivity (Wildman–Crippen MR) is 177 cm³/mol. The maximum atomic E-state index is 5.86. The molecule has 4 aromatic heterocycles. The van der Waals surface area contributed by atoms with Crippen LogP contribution in [0.3, 0.4) is 0 Å². The molecule has 4 rings (SSSR count). The maximum Gasteiger partial charge on any atom is 0.0624 e. The Hall–Kier alpha value is -3.11. The van der Waals surface area contributed by atoms with E-state index in [2.05, 4.69) is 108 Å². The number of hydrogen-bond donors (Lipinski definition) is 0. The van der Waals surface area contributed by atoms with Crippen LogP contribution in [0.25, 0.3) is 0 Å². The van der Waals surface area contributed by atoms with Crippen molar-refractivity contribution < 1.29 is 0 Å². The van der Waals surface area contributed by atoms with Gasteiger partial charge in [-0.25, -0.2) is 0 Å². The first-order valence-corrected chi connectivity index (χ1v) is 15.1. The van der Waals surface area contributed by atoms with Crippen LogP contribution in [-0.2, 0) is 0 Å². The third-order valence-corrected chi connectivity index (χ3v) is 6.57. The van der Waals surface area contributed by atoms with E-state index >= 15 is 0 Å². The van der Waals surface area contributed by atoms with Gasteiger partial charge in [0.05, 0.1) is 10.7 Å². The van der Waals surface area contributed by atoms with Crippen LogP contribution in [0, 0.1) is 6.92 Å². The molecule has 4 aromatic rings. The SMILES string of the molecule is CC(C)c1ccccn1.CC(C)c1cccnc1C(C)C.CC(C)c1ncccc1Cl.Cc1cccnc1C(C)C. The highest BCUT2D eigenvalue weighted by Gasteiger charge is 2.09. The summed E-state index contributed by atoms with van der Waals surface area (Å²) in [5.41, 5.74) is 7.27. The van der Waals surface area contributed by atoms with Gasteiger partial charge in [-0.2, -0.15) is 0 Å². The Morgan fingerprint density at radius 1 is 0.463 bits per heavy atom. The minimum Gasteiger partial charge on any atom is -0.261 e. The zero-order chi connectivity index (χ0) is 30.9. The number of halogens is 1. The normalized spacial score (nSPS) is 10.6. The lowest BCUT2D eigenvalue weighted by Crippen LogP contribution is -2.00. The van der Waals surface area contributed by atoms with Gasteiger partial charge in [0.25, 0.3) is 0 Å². The zero-order valence-electron chi connectivity index (χ0n) is 27.1. The monoisotopic (exact) mass is 574 g/mol. The molecule has 0 aliphatic carbocycles. The van der Waals surface area contributed by atoms with Crippen molar-refractivity contribution in [3.63, 3.8) is 0 Å². The van der Waals surface area contributed by atoms with Gasteiger partial charge >= 0.3 is 0 Å². The molecule has 0 radical (unpaired) electrons. The summed E-state index contributed by atoms with van der Waals surface area (Å²) in [6.45, 7) is 23.7. The van der Waals surface area contributed by atoms with Gasteiger partial charge in [-0.15, -0.1) is 0 Å². The number of aromatic nitrogens is 4. The van der Waals surface area contributed by atoms with Gasteiger partial charge in [0.2, 0.25) is 0 Å². The second-order valence-electron chi connectivity index (χ2n) is 11.6. The van der Waals surface area contributed by atoms with Crippen LogP contribution in [0.15, 0.2) is 79.4 Å². The summed E-state index contributed by atoms with van der Waals surface area (Å²) >= 11 is 5.86. The third kappa shape index (κ3) is 13.4. The standard InChI is InChI=1S/C11H17N.C9H13N.C8H10ClN.C8H11N/c1-8(2)10-6-5-7-12-11(10)9(3)4;1-7(2)9-8(3)5-4-6-10-9;1-6(2)8-7(9)4-3-5-10-8;1-7(2)8-5-3-4-6-9-8/h5-9H,1-4H3;4-7H,1-3H3;3-6H,1-2H3;3-7H,1-2H3. The summed E-state index contributed by atoms with van der Waals surface area (Å²) in [6, 6.07) is 18.0. The van der Waals surface area contributed by atoms with E-state index in [0.29, 0.717) is 29.6 Å². The summed E-state index contributed by atoms with van der Waals surface area (Å²) in [5.74, 6) is 2.61. The van der Waals surface area contributed by atoms with Gasteiger partial charge in [0, 0.05) is 41.9 Å². The Morgan fingerprint density at radius 2 is 0.951 bits per heavy atom. The van der Waals surface area contributed by atoms with Gasteiger partial charge < -0.3 is 0 Å². The molecule has 0 aromatic carbocycles. The average Bonchev–Trinajstić information content (AvgIpc) is 2.94. The zero-order valence-corrected chi connectivity index (χ0v) is 27.8. The van der Waals surface area contributed by atoms with Gasteiger partial charge in [0.1, 0.15) is 0 Å². The van der Waals surface area contributed by atoms with Gasteiger partial charge in [-0.3, -0.25) is 19.9 Å². The molecule has 0 N–H and O–H groups in total. The molecule has 0 aliphatic heterocycles. The van der Waals surface area contributed by atoms with E-state index < -0.39 is 0 Å². The molecule has 0 atom stereocenters. The summed E-state index contributed by atoms with van der Waals surface area (Å²) in [5, 5.41) is 0.762. The Labute approximate surface area is 255 Å². The molecule has 0 unspecified atom stereocenters. The fourth-order valence-electron chi connectivity index (χ4n) is 4.04. The molecule has 0 saturated carbocycles. The highest BCUT2D eigenvalue weighted by molar-refractivity contribution is 6.31. The van der Waals surface area contributed by atoms with Crippen LogP contribution in [0.1, 0.15) is 133 Å². The molecule has 4 heterocycles. The largest absolute Gasteiger partial charge is 0.261 e. The van der Waals surface area contributed by atoms with Crippen molar-refractivity contribution >= 4 is 11.6 Å². The minimum atomic E-state index is 0.411. The highest BCUT2D eigenvalue weighted by Crippen LogP contribution is 2.23. The molecule has 4 nitrogen and oxygen atoms in total. The van der Waals surface area contributed by atoms with Gasteiger partial charge in [-0.1, -0.05) is 99.0 Å². The summed E-state index contributed by atoms with van der Waals surface area (Å²) in [6.07, 6.45) is 7.32. The third-order valence-electron chi connectivity index (χ3n) is 6.25. The second kappa shape index (κ2) is 19.1. The molecule has 0 amide bonds. The van der Waals surface area contributed by atoms with Crippen molar-refractivity contribution in [2.24, 2.45) is 0 Å². The van der Waals surface area contributed by atoms with E-state index in [1.54, 1.807) is 6.20 Å². The van der Waals surface area contributed by atoms with E-state index in [9.17, 15) is 0 Å². The molecule has 222 valence electrons. The molecule has 0 aliphatic rings.